The summed E-state index contributed by atoms with van der Waals surface area (Å²) in [6.45, 7) is 2.79. The van der Waals surface area contributed by atoms with Crippen LogP contribution in [0.1, 0.15) is 11.1 Å². The first kappa shape index (κ1) is 14.3. The Balaban J connectivity index is 1.94. The van der Waals surface area contributed by atoms with E-state index in [4.69, 9.17) is 10.7 Å². The lowest BCUT2D eigenvalue weighted by molar-refractivity contribution is 0.471. The van der Waals surface area contributed by atoms with Crippen molar-refractivity contribution in [3.8, 4) is 28.4 Å². The number of aryl methyl sites for hydroxylation is 2. The molecule has 23 heavy (non-hydrogen) atoms. The Bertz CT molecular complexity index is 930. The third-order valence-corrected chi connectivity index (χ3v) is 5.05. The van der Waals surface area contributed by atoms with Gasteiger partial charge < -0.3 is 15.4 Å². The predicted molar refractivity (Wildman–Crippen MR) is 95.3 cm³/mol. The molecule has 0 spiro atoms. The summed E-state index contributed by atoms with van der Waals surface area (Å²) in [6, 6.07) is 11.9. The van der Waals surface area contributed by atoms with E-state index in [1.54, 1.807) is 6.07 Å². The van der Waals surface area contributed by atoms with Crippen molar-refractivity contribution in [2.45, 2.75) is 19.9 Å². The fourth-order valence-electron chi connectivity index (χ4n) is 3.21. The normalized spacial score (nSPS) is 12.8. The van der Waals surface area contributed by atoms with Gasteiger partial charge in [0.05, 0.1) is 4.47 Å². The minimum absolute atomic E-state index is 0.221. The summed E-state index contributed by atoms with van der Waals surface area (Å²) >= 11 is 3.37. The number of aromatic nitrogens is 2. The fourth-order valence-corrected chi connectivity index (χ4v) is 3.55. The minimum atomic E-state index is 0.221. The van der Waals surface area contributed by atoms with Gasteiger partial charge in [0.25, 0.3) is 0 Å². The Kier molecular flexibility index (Phi) is 3.20. The number of hydrogen-bond acceptors (Lipinski definition) is 3. The maximum Gasteiger partial charge on any atom is 0.142 e. The van der Waals surface area contributed by atoms with Gasteiger partial charge >= 0.3 is 0 Å². The number of nitrogens with zero attached hydrogens (tertiary/aromatic N) is 2. The standard InChI is InChI=1S/C18H16BrN3O/c1-10-8-15(23)14(19)9-13(10)16-17(20)22-7-6-11-4-2-3-5-12(11)18(22)21-16/h2-5,8-9,23H,6-7,20H2,1H3. The quantitative estimate of drug-likeness (QED) is 0.677. The monoisotopic (exact) mass is 369 g/mol. The van der Waals surface area contributed by atoms with Crippen molar-refractivity contribution >= 4 is 21.7 Å². The van der Waals surface area contributed by atoms with Crippen LogP contribution in [0.3, 0.4) is 0 Å². The van der Waals surface area contributed by atoms with Crippen LogP contribution >= 0.6 is 15.9 Å². The molecular weight excluding hydrogens is 354 g/mol. The molecule has 1 aromatic heterocycles. The lowest BCUT2D eigenvalue weighted by Gasteiger charge is -2.18. The molecule has 0 aliphatic carbocycles. The highest BCUT2D eigenvalue weighted by atomic mass is 79.9. The maximum atomic E-state index is 9.83. The van der Waals surface area contributed by atoms with E-state index in [0.717, 1.165) is 41.2 Å². The molecule has 2 heterocycles. The molecule has 5 heteroatoms. The van der Waals surface area contributed by atoms with E-state index in [-0.39, 0.29) is 5.75 Å². The Labute approximate surface area is 142 Å². The minimum Gasteiger partial charge on any atom is -0.507 e. The molecule has 4 nitrogen and oxygen atoms in total. The van der Waals surface area contributed by atoms with Crippen LogP contribution in [-0.4, -0.2) is 14.7 Å². The predicted octanol–water partition coefficient (Wildman–Crippen LogP) is 4.13. The van der Waals surface area contributed by atoms with Crippen LogP contribution in [0.4, 0.5) is 5.82 Å². The van der Waals surface area contributed by atoms with Gasteiger partial charge in [-0.3, -0.25) is 0 Å². The number of hydrogen-bond donors (Lipinski definition) is 2. The molecule has 116 valence electrons. The van der Waals surface area contributed by atoms with Gasteiger partial charge in [0.2, 0.25) is 0 Å². The molecule has 2 aromatic carbocycles. The second-order valence-electron chi connectivity index (χ2n) is 5.85. The number of anilines is 1. The van der Waals surface area contributed by atoms with E-state index < -0.39 is 0 Å². The highest BCUT2D eigenvalue weighted by Gasteiger charge is 2.23. The fraction of sp³-hybridized carbons (Fsp3) is 0.167. The molecule has 0 saturated heterocycles. The largest absolute Gasteiger partial charge is 0.507 e. The smallest absolute Gasteiger partial charge is 0.142 e. The molecule has 1 aliphatic heterocycles. The van der Waals surface area contributed by atoms with Crippen molar-refractivity contribution in [1.29, 1.82) is 0 Å². The molecule has 0 atom stereocenters. The highest BCUT2D eigenvalue weighted by Crippen LogP contribution is 2.39. The van der Waals surface area contributed by atoms with Gasteiger partial charge in [-0.25, -0.2) is 4.98 Å². The van der Waals surface area contributed by atoms with Crippen LogP contribution in [0.5, 0.6) is 5.75 Å². The molecule has 0 radical (unpaired) electrons. The van der Waals surface area contributed by atoms with Crippen LogP contribution in [0, 0.1) is 6.92 Å². The average Bonchev–Trinajstić information content (AvgIpc) is 2.88. The topological polar surface area (TPSA) is 64.1 Å². The number of nitrogens with two attached hydrogens (primary N) is 1. The lowest BCUT2D eigenvalue weighted by atomic mass is 10.0. The zero-order valence-corrected chi connectivity index (χ0v) is 14.3. The molecular formula is C18H16BrN3O. The molecule has 3 N–H and O–H groups in total. The molecule has 0 fully saturated rings. The van der Waals surface area contributed by atoms with Crippen LogP contribution in [-0.2, 0) is 13.0 Å². The van der Waals surface area contributed by atoms with Gasteiger partial charge in [-0.15, -0.1) is 0 Å². The second kappa shape index (κ2) is 5.13. The Morgan fingerprint density at radius 3 is 2.83 bits per heavy atom. The van der Waals surface area contributed by atoms with Crippen LogP contribution in [0.15, 0.2) is 40.9 Å². The summed E-state index contributed by atoms with van der Waals surface area (Å²) in [6.07, 6.45) is 0.960. The van der Waals surface area contributed by atoms with Crippen molar-refractivity contribution in [3.63, 3.8) is 0 Å². The molecule has 0 amide bonds. The zero-order valence-electron chi connectivity index (χ0n) is 12.7. The van der Waals surface area contributed by atoms with Crippen LogP contribution in [0.2, 0.25) is 0 Å². The van der Waals surface area contributed by atoms with Crippen molar-refractivity contribution in [2.24, 2.45) is 0 Å². The number of imidazole rings is 1. The first-order valence-electron chi connectivity index (χ1n) is 7.50. The zero-order chi connectivity index (χ0) is 16.1. The van der Waals surface area contributed by atoms with E-state index in [0.29, 0.717) is 10.3 Å². The van der Waals surface area contributed by atoms with Gasteiger partial charge in [-0.1, -0.05) is 24.3 Å². The first-order valence-corrected chi connectivity index (χ1v) is 8.29. The van der Waals surface area contributed by atoms with Gasteiger partial charge in [0, 0.05) is 17.7 Å². The third kappa shape index (κ3) is 2.15. The van der Waals surface area contributed by atoms with E-state index in [1.165, 1.54) is 5.56 Å². The van der Waals surface area contributed by atoms with E-state index >= 15 is 0 Å². The van der Waals surface area contributed by atoms with Gasteiger partial charge in [-0.2, -0.15) is 0 Å². The number of aromatic hydroxyl groups is 1. The maximum absolute atomic E-state index is 9.83. The molecule has 1 aliphatic rings. The summed E-state index contributed by atoms with van der Waals surface area (Å²) in [5.41, 5.74) is 11.5. The van der Waals surface area contributed by atoms with Crippen molar-refractivity contribution in [1.82, 2.24) is 9.55 Å². The van der Waals surface area contributed by atoms with E-state index in [9.17, 15) is 5.11 Å². The van der Waals surface area contributed by atoms with Gasteiger partial charge in [0.15, 0.2) is 0 Å². The number of benzene rings is 2. The average molecular weight is 370 g/mol. The Hall–Kier alpha value is -2.27. The van der Waals surface area contributed by atoms with Gasteiger partial charge in [-0.05, 0) is 52.5 Å². The molecule has 4 rings (SSSR count). The summed E-state index contributed by atoms with van der Waals surface area (Å²) in [5.74, 6) is 1.82. The Morgan fingerprint density at radius 1 is 1.22 bits per heavy atom. The number of rotatable bonds is 1. The molecule has 0 unspecified atom stereocenters. The highest BCUT2D eigenvalue weighted by molar-refractivity contribution is 9.10. The molecule has 3 aromatic rings. The number of halogens is 1. The third-order valence-electron chi connectivity index (χ3n) is 4.42. The number of nitrogen functional groups attached to an aromatic ring is 1. The second-order valence-corrected chi connectivity index (χ2v) is 6.70. The van der Waals surface area contributed by atoms with Crippen molar-refractivity contribution < 1.29 is 5.11 Å². The summed E-state index contributed by atoms with van der Waals surface area (Å²) in [7, 11) is 0. The summed E-state index contributed by atoms with van der Waals surface area (Å²) < 4.78 is 2.72. The molecule has 0 saturated carbocycles. The SMILES string of the molecule is Cc1cc(O)c(Br)cc1-c1nc2n(c1N)CCc1ccccc1-2. The van der Waals surface area contributed by atoms with Crippen molar-refractivity contribution in [3.05, 3.63) is 52.0 Å². The lowest BCUT2D eigenvalue weighted by Crippen LogP contribution is -2.12. The van der Waals surface area contributed by atoms with Crippen molar-refractivity contribution in [2.75, 3.05) is 5.73 Å². The summed E-state index contributed by atoms with van der Waals surface area (Å²) in [4.78, 5) is 4.83. The van der Waals surface area contributed by atoms with E-state index in [1.807, 2.05) is 19.1 Å². The van der Waals surface area contributed by atoms with Crippen LogP contribution < -0.4 is 5.73 Å². The number of fused-ring (bicyclic) bond motifs is 3. The number of phenolic OH excluding ortho intramolecular Hbond substituents is 1. The summed E-state index contributed by atoms with van der Waals surface area (Å²) in [5, 5.41) is 9.83. The number of phenols is 1. The molecule has 0 bridgehead atoms. The van der Waals surface area contributed by atoms with Gasteiger partial charge in [0.1, 0.15) is 23.1 Å². The van der Waals surface area contributed by atoms with Crippen LogP contribution in [0.25, 0.3) is 22.6 Å². The van der Waals surface area contributed by atoms with E-state index in [2.05, 4.69) is 38.7 Å². The Morgan fingerprint density at radius 2 is 2.00 bits per heavy atom. The first-order chi connectivity index (χ1) is 11.1.